The number of hydrogen-bond donors (Lipinski definition) is 1. The second-order valence-electron chi connectivity index (χ2n) is 5.41. The van der Waals surface area contributed by atoms with Gasteiger partial charge in [-0.1, -0.05) is 18.2 Å². The number of rotatable bonds is 2. The fourth-order valence-electron chi connectivity index (χ4n) is 3.04. The molecule has 0 saturated heterocycles. The Morgan fingerprint density at radius 3 is 2.55 bits per heavy atom. The molecular formula is C15H16F2N2O. The van der Waals surface area contributed by atoms with Crippen molar-refractivity contribution in [3.63, 3.8) is 0 Å². The maximum atomic E-state index is 13.3. The molecule has 3 nitrogen and oxygen atoms in total. The van der Waals surface area contributed by atoms with Gasteiger partial charge in [-0.25, -0.2) is 8.78 Å². The number of nitrogens with zero attached hydrogens (tertiary/aromatic N) is 1. The summed E-state index contributed by atoms with van der Waals surface area (Å²) in [6.07, 6.45) is 0.461. The number of nitrogens with two attached hydrogens (primary N) is 1. The van der Waals surface area contributed by atoms with Crippen LogP contribution in [0.1, 0.15) is 42.2 Å². The van der Waals surface area contributed by atoms with Crippen molar-refractivity contribution >= 4 is 16.8 Å². The van der Waals surface area contributed by atoms with E-state index in [0.29, 0.717) is 18.5 Å². The summed E-state index contributed by atoms with van der Waals surface area (Å²) in [5.41, 5.74) is 6.72. The molecule has 0 aliphatic heterocycles. The van der Waals surface area contributed by atoms with Gasteiger partial charge in [0.05, 0.1) is 0 Å². The summed E-state index contributed by atoms with van der Waals surface area (Å²) in [5.74, 6) is -3.09. The number of primary amides is 1. The minimum absolute atomic E-state index is 0.0861. The van der Waals surface area contributed by atoms with Gasteiger partial charge in [-0.3, -0.25) is 4.79 Å². The summed E-state index contributed by atoms with van der Waals surface area (Å²) >= 11 is 0. The van der Waals surface area contributed by atoms with Crippen molar-refractivity contribution in [2.75, 3.05) is 0 Å². The summed E-state index contributed by atoms with van der Waals surface area (Å²) in [4.78, 5) is 11.6. The van der Waals surface area contributed by atoms with Gasteiger partial charge < -0.3 is 10.3 Å². The van der Waals surface area contributed by atoms with E-state index in [-0.39, 0.29) is 18.9 Å². The van der Waals surface area contributed by atoms with Gasteiger partial charge in [-0.15, -0.1) is 0 Å². The summed E-state index contributed by atoms with van der Waals surface area (Å²) in [5, 5.41) is 0.915. The van der Waals surface area contributed by atoms with Gasteiger partial charge >= 0.3 is 0 Å². The van der Waals surface area contributed by atoms with Crippen molar-refractivity contribution in [3.8, 4) is 0 Å². The Balaban J connectivity index is 2.06. The molecule has 1 fully saturated rings. The van der Waals surface area contributed by atoms with Crippen LogP contribution in [0.5, 0.6) is 0 Å². The second kappa shape index (κ2) is 4.58. The summed E-state index contributed by atoms with van der Waals surface area (Å²) in [6, 6.07) is 9.21. The third-order valence-corrected chi connectivity index (χ3v) is 4.05. The number of amides is 1. The molecule has 1 saturated carbocycles. The maximum absolute atomic E-state index is 13.3. The van der Waals surface area contributed by atoms with Crippen LogP contribution >= 0.6 is 0 Å². The molecule has 0 spiro atoms. The highest BCUT2D eigenvalue weighted by molar-refractivity contribution is 5.97. The smallest absolute Gasteiger partial charge is 0.265 e. The maximum Gasteiger partial charge on any atom is 0.265 e. The first kappa shape index (κ1) is 13.1. The number of fused-ring (bicyclic) bond motifs is 1. The first-order chi connectivity index (χ1) is 9.48. The van der Waals surface area contributed by atoms with E-state index in [2.05, 4.69) is 0 Å². The summed E-state index contributed by atoms with van der Waals surface area (Å²) < 4.78 is 28.4. The molecule has 1 heterocycles. The van der Waals surface area contributed by atoms with E-state index in [1.54, 1.807) is 6.07 Å². The van der Waals surface area contributed by atoms with Crippen LogP contribution in [0.15, 0.2) is 30.3 Å². The first-order valence-electron chi connectivity index (χ1n) is 6.75. The van der Waals surface area contributed by atoms with Crippen molar-refractivity contribution in [1.82, 2.24) is 4.57 Å². The molecule has 5 heteroatoms. The van der Waals surface area contributed by atoms with Crippen LogP contribution in [-0.4, -0.2) is 16.4 Å². The number of carbonyl (C=O) groups excluding carboxylic acids is 1. The predicted octanol–water partition coefficient (Wildman–Crippen LogP) is 3.49. The van der Waals surface area contributed by atoms with E-state index in [1.165, 1.54) is 0 Å². The normalized spacial score (nSPS) is 19.3. The van der Waals surface area contributed by atoms with Crippen molar-refractivity contribution in [2.24, 2.45) is 5.73 Å². The topological polar surface area (TPSA) is 48.0 Å². The van der Waals surface area contributed by atoms with Gasteiger partial charge in [0, 0.05) is 29.8 Å². The highest BCUT2D eigenvalue weighted by Gasteiger charge is 2.36. The lowest BCUT2D eigenvalue weighted by molar-refractivity contribution is -0.0436. The van der Waals surface area contributed by atoms with Gasteiger partial charge in [0.25, 0.3) is 5.91 Å². The molecule has 1 aliphatic carbocycles. The lowest BCUT2D eigenvalue weighted by Gasteiger charge is -2.30. The third kappa shape index (κ3) is 2.17. The molecule has 2 N–H and O–H groups in total. The van der Waals surface area contributed by atoms with Gasteiger partial charge in [0.1, 0.15) is 5.69 Å². The lowest BCUT2D eigenvalue weighted by Crippen LogP contribution is -2.28. The minimum Gasteiger partial charge on any atom is -0.364 e. The van der Waals surface area contributed by atoms with Crippen LogP contribution < -0.4 is 5.73 Å². The first-order valence-corrected chi connectivity index (χ1v) is 6.75. The van der Waals surface area contributed by atoms with Crippen LogP contribution in [0, 0.1) is 0 Å². The van der Waals surface area contributed by atoms with E-state index in [9.17, 15) is 13.6 Å². The monoisotopic (exact) mass is 278 g/mol. The van der Waals surface area contributed by atoms with E-state index < -0.39 is 11.8 Å². The fraction of sp³-hybridized carbons (Fsp3) is 0.400. The van der Waals surface area contributed by atoms with E-state index in [1.807, 2.05) is 28.8 Å². The van der Waals surface area contributed by atoms with Gasteiger partial charge in [0.15, 0.2) is 0 Å². The average molecular weight is 278 g/mol. The standard InChI is InChI=1S/C15H16F2N2O/c16-15(17)7-5-11(6-8-15)19-12-4-2-1-3-10(12)9-13(19)14(18)20/h1-4,9,11H,5-8H2,(H2,18,20). The molecule has 0 unspecified atom stereocenters. The summed E-state index contributed by atoms with van der Waals surface area (Å²) in [6.45, 7) is 0. The molecule has 20 heavy (non-hydrogen) atoms. The molecule has 0 bridgehead atoms. The Labute approximate surface area is 115 Å². The number of alkyl halides is 2. The SMILES string of the molecule is NC(=O)c1cc2ccccc2n1C1CCC(F)(F)CC1. The largest absolute Gasteiger partial charge is 0.364 e. The molecule has 0 atom stereocenters. The van der Waals surface area contributed by atoms with Crippen LogP contribution in [0.25, 0.3) is 10.9 Å². The van der Waals surface area contributed by atoms with Gasteiger partial charge in [0.2, 0.25) is 5.92 Å². The Morgan fingerprint density at radius 2 is 1.90 bits per heavy atom. The van der Waals surface area contributed by atoms with Crippen LogP contribution in [0.3, 0.4) is 0 Å². The number of benzene rings is 1. The molecule has 3 rings (SSSR count). The molecule has 1 aliphatic rings. The zero-order valence-electron chi connectivity index (χ0n) is 11.0. The Hall–Kier alpha value is -1.91. The highest BCUT2D eigenvalue weighted by atomic mass is 19.3. The van der Waals surface area contributed by atoms with E-state index >= 15 is 0 Å². The number of carbonyl (C=O) groups is 1. The highest BCUT2D eigenvalue weighted by Crippen LogP contribution is 2.40. The van der Waals surface area contributed by atoms with Crippen molar-refractivity contribution < 1.29 is 13.6 Å². The number of para-hydroxylation sites is 1. The molecular weight excluding hydrogens is 262 g/mol. The number of hydrogen-bond acceptors (Lipinski definition) is 1. The minimum atomic E-state index is -2.58. The Kier molecular flexibility index (Phi) is 3.00. The van der Waals surface area contributed by atoms with Crippen molar-refractivity contribution in [2.45, 2.75) is 37.6 Å². The van der Waals surface area contributed by atoms with Crippen molar-refractivity contribution in [3.05, 3.63) is 36.0 Å². The van der Waals surface area contributed by atoms with E-state index in [4.69, 9.17) is 5.73 Å². The summed E-state index contributed by atoms with van der Waals surface area (Å²) in [7, 11) is 0. The Morgan fingerprint density at radius 1 is 1.25 bits per heavy atom. The van der Waals surface area contributed by atoms with Gasteiger partial charge in [-0.2, -0.15) is 0 Å². The van der Waals surface area contributed by atoms with Crippen LogP contribution in [-0.2, 0) is 0 Å². The van der Waals surface area contributed by atoms with Crippen LogP contribution in [0.2, 0.25) is 0 Å². The molecule has 1 amide bonds. The molecule has 0 radical (unpaired) electrons. The third-order valence-electron chi connectivity index (χ3n) is 4.05. The fourth-order valence-corrected chi connectivity index (χ4v) is 3.04. The average Bonchev–Trinajstić information content (AvgIpc) is 2.78. The van der Waals surface area contributed by atoms with Crippen LogP contribution in [0.4, 0.5) is 8.78 Å². The predicted molar refractivity (Wildman–Crippen MR) is 72.9 cm³/mol. The van der Waals surface area contributed by atoms with E-state index in [0.717, 1.165) is 10.9 Å². The lowest BCUT2D eigenvalue weighted by atomic mass is 9.92. The zero-order chi connectivity index (χ0) is 14.3. The Bertz CT molecular complexity index is 653. The van der Waals surface area contributed by atoms with Crippen molar-refractivity contribution in [1.29, 1.82) is 0 Å². The molecule has 1 aromatic carbocycles. The quantitative estimate of drug-likeness (QED) is 0.898. The molecule has 2 aromatic rings. The molecule has 1 aromatic heterocycles. The number of aromatic nitrogens is 1. The number of halogens is 2. The zero-order valence-corrected chi connectivity index (χ0v) is 11.0. The van der Waals surface area contributed by atoms with Gasteiger partial charge in [-0.05, 0) is 25.0 Å². The molecule has 106 valence electrons. The second-order valence-corrected chi connectivity index (χ2v) is 5.41.